The lowest BCUT2D eigenvalue weighted by molar-refractivity contribution is 0.00578. The van der Waals surface area contributed by atoms with Gasteiger partial charge in [-0.25, -0.2) is 0 Å². The molecule has 0 aliphatic carbocycles. The highest BCUT2D eigenvalue weighted by molar-refractivity contribution is 9.10. The van der Waals surface area contributed by atoms with Crippen LogP contribution in [0.3, 0.4) is 0 Å². The molecule has 0 radical (unpaired) electrons. The molecule has 1 fully saturated rings. The van der Waals surface area contributed by atoms with Crippen molar-refractivity contribution in [3.8, 4) is 5.75 Å². The van der Waals surface area contributed by atoms with E-state index in [2.05, 4.69) is 49.7 Å². The molecule has 0 saturated carbocycles. The summed E-state index contributed by atoms with van der Waals surface area (Å²) in [7, 11) is -0.375. The zero-order valence-corrected chi connectivity index (χ0v) is 16.1. The summed E-state index contributed by atoms with van der Waals surface area (Å²) in [5, 5.41) is 0. The first-order valence-corrected chi connectivity index (χ1v) is 8.90. The van der Waals surface area contributed by atoms with E-state index in [0.29, 0.717) is 6.61 Å². The molecule has 24 heavy (non-hydrogen) atoms. The number of benzene rings is 2. The van der Waals surface area contributed by atoms with Crippen molar-refractivity contribution in [2.45, 2.75) is 45.5 Å². The summed E-state index contributed by atoms with van der Waals surface area (Å²) >= 11 is 3.43. The van der Waals surface area contributed by atoms with Crippen molar-refractivity contribution in [2.75, 3.05) is 0 Å². The van der Waals surface area contributed by atoms with Crippen molar-refractivity contribution >= 4 is 28.5 Å². The Hall–Kier alpha value is -1.30. The Kier molecular flexibility index (Phi) is 4.78. The number of hydrogen-bond acceptors (Lipinski definition) is 3. The van der Waals surface area contributed by atoms with Crippen molar-refractivity contribution in [1.29, 1.82) is 0 Å². The van der Waals surface area contributed by atoms with Crippen LogP contribution in [-0.2, 0) is 15.9 Å². The predicted molar refractivity (Wildman–Crippen MR) is 101 cm³/mol. The molecule has 126 valence electrons. The SMILES string of the molecule is CC1(C)OB(c2ccccc2COc2ccc(Br)cc2)OC1(C)C. The molecule has 2 aromatic carbocycles. The van der Waals surface area contributed by atoms with E-state index in [4.69, 9.17) is 14.0 Å². The minimum Gasteiger partial charge on any atom is -0.489 e. The summed E-state index contributed by atoms with van der Waals surface area (Å²) in [6, 6.07) is 15.9. The highest BCUT2D eigenvalue weighted by Crippen LogP contribution is 2.36. The van der Waals surface area contributed by atoms with E-state index in [1.165, 1.54) is 0 Å². The van der Waals surface area contributed by atoms with E-state index in [1.807, 2.05) is 42.5 Å². The van der Waals surface area contributed by atoms with Gasteiger partial charge in [0.15, 0.2) is 0 Å². The van der Waals surface area contributed by atoms with Gasteiger partial charge in [-0.2, -0.15) is 0 Å². The average molecular weight is 389 g/mol. The monoisotopic (exact) mass is 388 g/mol. The third-order valence-electron chi connectivity index (χ3n) is 4.77. The minimum atomic E-state index is -0.375. The van der Waals surface area contributed by atoms with Crippen molar-refractivity contribution in [3.63, 3.8) is 0 Å². The lowest BCUT2D eigenvalue weighted by Gasteiger charge is -2.32. The average Bonchev–Trinajstić information content (AvgIpc) is 2.75. The van der Waals surface area contributed by atoms with Gasteiger partial charge in [0.25, 0.3) is 0 Å². The van der Waals surface area contributed by atoms with Crippen LogP contribution < -0.4 is 10.2 Å². The van der Waals surface area contributed by atoms with Gasteiger partial charge in [0.1, 0.15) is 12.4 Å². The summed E-state index contributed by atoms with van der Waals surface area (Å²) in [5.74, 6) is 0.835. The molecule has 1 heterocycles. The van der Waals surface area contributed by atoms with E-state index < -0.39 is 0 Å². The lowest BCUT2D eigenvalue weighted by atomic mass is 9.76. The number of hydrogen-bond donors (Lipinski definition) is 0. The van der Waals surface area contributed by atoms with Crippen LogP contribution in [-0.4, -0.2) is 18.3 Å². The molecule has 0 amide bonds. The second kappa shape index (κ2) is 6.55. The summed E-state index contributed by atoms with van der Waals surface area (Å²) < 4.78 is 19.3. The fourth-order valence-corrected chi connectivity index (χ4v) is 2.82. The lowest BCUT2D eigenvalue weighted by Crippen LogP contribution is -2.41. The molecule has 0 N–H and O–H groups in total. The normalized spacial score (nSPS) is 18.6. The molecule has 0 aromatic heterocycles. The van der Waals surface area contributed by atoms with Gasteiger partial charge in [-0.15, -0.1) is 0 Å². The smallest absolute Gasteiger partial charge is 0.489 e. The first-order chi connectivity index (χ1) is 11.3. The third-order valence-corrected chi connectivity index (χ3v) is 5.30. The number of rotatable bonds is 4. The van der Waals surface area contributed by atoms with Gasteiger partial charge in [0, 0.05) is 4.47 Å². The number of ether oxygens (including phenoxy) is 1. The van der Waals surface area contributed by atoms with Crippen molar-refractivity contribution in [1.82, 2.24) is 0 Å². The highest BCUT2D eigenvalue weighted by atomic mass is 79.9. The van der Waals surface area contributed by atoms with E-state index >= 15 is 0 Å². The third kappa shape index (κ3) is 3.53. The Bertz CT molecular complexity index is 697. The zero-order chi connectivity index (χ0) is 17.4. The molecule has 0 atom stereocenters. The van der Waals surface area contributed by atoms with Crippen molar-refractivity contribution in [3.05, 3.63) is 58.6 Å². The van der Waals surface area contributed by atoms with E-state index in [1.54, 1.807) is 0 Å². The van der Waals surface area contributed by atoms with Crippen LogP contribution >= 0.6 is 15.9 Å². The largest absolute Gasteiger partial charge is 0.495 e. The summed E-state index contributed by atoms with van der Waals surface area (Å²) in [6.07, 6.45) is 0. The van der Waals surface area contributed by atoms with E-state index in [-0.39, 0.29) is 18.3 Å². The van der Waals surface area contributed by atoms with Crippen molar-refractivity contribution in [2.24, 2.45) is 0 Å². The Labute approximate surface area is 152 Å². The van der Waals surface area contributed by atoms with Crippen LogP contribution in [0, 0.1) is 0 Å². The van der Waals surface area contributed by atoms with Crippen LogP contribution in [0.25, 0.3) is 0 Å². The molecule has 5 heteroatoms. The Morgan fingerprint density at radius 1 is 0.917 bits per heavy atom. The summed E-state index contributed by atoms with van der Waals surface area (Å²) in [4.78, 5) is 0. The molecule has 2 aromatic rings. The molecule has 1 aliphatic heterocycles. The van der Waals surface area contributed by atoms with Crippen LogP contribution in [0.4, 0.5) is 0 Å². The van der Waals surface area contributed by atoms with Gasteiger partial charge < -0.3 is 14.0 Å². The molecule has 0 unspecified atom stereocenters. The second-order valence-electron chi connectivity index (χ2n) is 7.03. The molecule has 0 bridgehead atoms. The van der Waals surface area contributed by atoms with Crippen LogP contribution in [0.1, 0.15) is 33.3 Å². The van der Waals surface area contributed by atoms with Gasteiger partial charge in [0.2, 0.25) is 0 Å². The fourth-order valence-electron chi connectivity index (χ4n) is 2.56. The summed E-state index contributed by atoms with van der Waals surface area (Å²) in [5.41, 5.74) is 1.39. The van der Waals surface area contributed by atoms with Gasteiger partial charge in [-0.1, -0.05) is 40.2 Å². The van der Waals surface area contributed by atoms with Gasteiger partial charge in [-0.3, -0.25) is 0 Å². The molecular weight excluding hydrogens is 367 g/mol. The summed E-state index contributed by atoms with van der Waals surface area (Å²) in [6.45, 7) is 8.73. The molecule has 1 aliphatic rings. The highest BCUT2D eigenvalue weighted by Gasteiger charge is 2.52. The van der Waals surface area contributed by atoms with Gasteiger partial charge >= 0.3 is 7.12 Å². The molecule has 3 nitrogen and oxygen atoms in total. The van der Waals surface area contributed by atoms with Gasteiger partial charge in [0.05, 0.1) is 11.2 Å². The van der Waals surface area contributed by atoms with Gasteiger partial charge in [-0.05, 0) is 63.0 Å². The maximum atomic E-state index is 6.17. The first-order valence-electron chi connectivity index (χ1n) is 8.10. The predicted octanol–water partition coefficient (Wildman–Crippen LogP) is 4.33. The van der Waals surface area contributed by atoms with Crippen LogP contribution in [0.2, 0.25) is 0 Å². The Morgan fingerprint density at radius 3 is 2.12 bits per heavy atom. The Morgan fingerprint density at radius 2 is 1.50 bits per heavy atom. The quantitative estimate of drug-likeness (QED) is 0.729. The Balaban J connectivity index is 1.78. The second-order valence-corrected chi connectivity index (χ2v) is 7.95. The molecule has 1 saturated heterocycles. The standard InChI is InChI=1S/C19H22BBrO3/c1-18(2)19(3,4)24-20(23-18)17-8-6-5-7-14(17)13-22-16-11-9-15(21)10-12-16/h5-12H,13H2,1-4H3. The van der Waals surface area contributed by atoms with Crippen LogP contribution in [0.15, 0.2) is 53.0 Å². The minimum absolute atomic E-state index is 0.350. The molecule has 3 rings (SSSR count). The maximum absolute atomic E-state index is 6.17. The number of halogens is 1. The van der Waals surface area contributed by atoms with E-state index in [9.17, 15) is 0 Å². The molecule has 0 spiro atoms. The van der Waals surface area contributed by atoms with E-state index in [0.717, 1.165) is 21.2 Å². The fraction of sp³-hybridized carbons (Fsp3) is 0.368. The van der Waals surface area contributed by atoms with Crippen LogP contribution in [0.5, 0.6) is 5.75 Å². The topological polar surface area (TPSA) is 27.7 Å². The van der Waals surface area contributed by atoms with Crippen molar-refractivity contribution < 1.29 is 14.0 Å². The first kappa shape index (κ1) is 17.5. The molecular formula is C19H22BBrO3. The maximum Gasteiger partial charge on any atom is 0.495 e. The zero-order valence-electron chi connectivity index (χ0n) is 14.5.